The van der Waals surface area contributed by atoms with Crippen molar-refractivity contribution in [2.45, 2.75) is 25.5 Å². The van der Waals surface area contributed by atoms with Gasteiger partial charge in [-0.3, -0.25) is 15.3 Å². The van der Waals surface area contributed by atoms with Gasteiger partial charge in [-0.25, -0.2) is 0 Å². The molecule has 1 saturated heterocycles. The number of pyridine rings is 1. The number of hydrogen-bond acceptors (Lipinski definition) is 4. The van der Waals surface area contributed by atoms with Crippen LogP contribution in [-0.4, -0.2) is 39.5 Å². The SMILES string of the molecule is CC1(O)CCN(Cc2ccnc(C(=N)N)c2)C1. The molecule has 1 aliphatic heterocycles. The van der Waals surface area contributed by atoms with E-state index in [1.807, 2.05) is 19.1 Å². The number of β-amino-alcohol motifs (C(OH)–C–C–N with tert-alkyl or cyclic N) is 1. The molecule has 0 saturated carbocycles. The summed E-state index contributed by atoms with van der Waals surface area (Å²) >= 11 is 0. The molecule has 5 heteroatoms. The van der Waals surface area contributed by atoms with E-state index in [2.05, 4.69) is 9.88 Å². The zero-order valence-corrected chi connectivity index (χ0v) is 9.98. The van der Waals surface area contributed by atoms with Crippen LogP contribution in [0.15, 0.2) is 18.3 Å². The number of likely N-dealkylation sites (tertiary alicyclic amines) is 1. The molecule has 2 heterocycles. The van der Waals surface area contributed by atoms with Gasteiger partial charge in [0.05, 0.1) is 5.60 Å². The number of aromatic nitrogens is 1. The molecule has 1 unspecified atom stereocenters. The average molecular weight is 234 g/mol. The normalized spacial score (nSPS) is 25.1. The molecule has 0 spiro atoms. The van der Waals surface area contributed by atoms with Crippen molar-refractivity contribution in [2.75, 3.05) is 13.1 Å². The van der Waals surface area contributed by atoms with Crippen molar-refractivity contribution in [1.29, 1.82) is 5.41 Å². The summed E-state index contributed by atoms with van der Waals surface area (Å²) in [4.78, 5) is 6.22. The number of nitrogens with zero attached hydrogens (tertiary/aromatic N) is 2. The van der Waals surface area contributed by atoms with Gasteiger partial charge in [-0.2, -0.15) is 0 Å². The van der Waals surface area contributed by atoms with Crippen LogP contribution < -0.4 is 5.73 Å². The Bertz CT molecular complexity index is 430. The molecule has 1 aliphatic rings. The minimum atomic E-state index is -0.573. The van der Waals surface area contributed by atoms with Crippen LogP contribution in [0.5, 0.6) is 0 Å². The van der Waals surface area contributed by atoms with Gasteiger partial charge in [-0.1, -0.05) is 0 Å². The Labute approximate surface area is 101 Å². The molecule has 1 aromatic heterocycles. The molecule has 17 heavy (non-hydrogen) atoms. The van der Waals surface area contributed by atoms with E-state index in [4.69, 9.17) is 11.1 Å². The van der Waals surface area contributed by atoms with Gasteiger partial charge in [0.15, 0.2) is 0 Å². The summed E-state index contributed by atoms with van der Waals surface area (Å²) in [5, 5.41) is 17.2. The smallest absolute Gasteiger partial charge is 0.141 e. The monoisotopic (exact) mass is 234 g/mol. The minimum absolute atomic E-state index is 0.0136. The minimum Gasteiger partial charge on any atom is -0.389 e. The second kappa shape index (κ2) is 4.43. The van der Waals surface area contributed by atoms with E-state index in [1.165, 1.54) is 0 Å². The summed E-state index contributed by atoms with van der Waals surface area (Å²) in [7, 11) is 0. The van der Waals surface area contributed by atoms with Crippen LogP contribution in [0, 0.1) is 5.41 Å². The molecule has 0 aromatic carbocycles. The van der Waals surface area contributed by atoms with Gasteiger partial charge in [0.2, 0.25) is 0 Å². The van der Waals surface area contributed by atoms with E-state index in [-0.39, 0.29) is 5.84 Å². The highest BCUT2D eigenvalue weighted by molar-refractivity contribution is 5.93. The third kappa shape index (κ3) is 3.01. The molecule has 2 rings (SSSR count). The highest BCUT2D eigenvalue weighted by Gasteiger charge is 2.30. The lowest BCUT2D eigenvalue weighted by Gasteiger charge is -2.18. The van der Waals surface area contributed by atoms with Gasteiger partial charge in [-0.05, 0) is 31.0 Å². The molecule has 0 radical (unpaired) electrons. The summed E-state index contributed by atoms with van der Waals surface area (Å²) in [5.74, 6) is -0.0136. The van der Waals surface area contributed by atoms with Gasteiger partial charge in [-0.15, -0.1) is 0 Å². The Balaban J connectivity index is 2.04. The number of rotatable bonds is 3. The second-order valence-corrected chi connectivity index (χ2v) is 4.92. The lowest BCUT2D eigenvalue weighted by molar-refractivity contribution is 0.0679. The van der Waals surface area contributed by atoms with Crippen molar-refractivity contribution in [3.63, 3.8) is 0 Å². The second-order valence-electron chi connectivity index (χ2n) is 4.92. The fraction of sp³-hybridized carbons (Fsp3) is 0.500. The zero-order chi connectivity index (χ0) is 12.5. The van der Waals surface area contributed by atoms with Crippen LogP contribution in [-0.2, 0) is 6.54 Å². The predicted octanol–water partition coefficient (Wildman–Crippen LogP) is 0.322. The van der Waals surface area contributed by atoms with Gasteiger partial charge < -0.3 is 10.8 Å². The van der Waals surface area contributed by atoms with Crippen LogP contribution in [0.3, 0.4) is 0 Å². The Morgan fingerprint density at radius 1 is 1.71 bits per heavy atom. The topological polar surface area (TPSA) is 86.2 Å². The molecule has 92 valence electrons. The third-order valence-corrected chi connectivity index (χ3v) is 3.04. The summed E-state index contributed by atoms with van der Waals surface area (Å²) < 4.78 is 0. The van der Waals surface area contributed by atoms with Gasteiger partial charge >= 0.3 is 0 Å². The van der Waals surface area contributed by atoms with Crippen molar-refractivity contribution >= 4 is 5.84 Å². The van der Waals surface area contributed by atoms with Gasteiger partial charge in [0, 0.05) is 25.8 Å². The van der Waals surface area contributed by atoms with E-state index in [0.717, 1.165) is 25.1 Å². The summed E-state index contributed by atoms with van der Waals surface area (Å²) in [6.45, 7) is 4.20. The van der Waals surface area contributed by atoms with Crippen LogP contribution in [0.1, 0.15) is 24.6 Å². The maximum atomic E-state index is 9.88. The molecule has 1 fully saturated rings. The fourth-order valence-electron chi connectivity index (χ4n) is 2.15. The van der Waals surface area contributed by atoms with Crippen LogP contribution in [0.25, 0.3) is 0 Å². The van der Waals surface area contributed by atoms with E-state index in [9.17, 15) is 5.11 Å². The number of nitrogens with one attached hydrogen (secondary N) is 1. The standard InChI is InChI=1S/C12H18N4O/c1-12(17)3-5-16(8-12)7-9-2-4-15-10(6-9)11(13)14/h2,4,6,17H,3,5,7-8H2,1H3,(H3,13,14). The highest BCUT2D eigenvalue weighted by Crippen LogP contribution is 2.21. The van der Waals surface area contributed by atoms with E-state index < -0.39 is 5.60 Å². The van der Waals surface area contributed by atoms with Gasteiger partial charge in [0.25, 0.3) is 0 Å². The Morgan fingerprint density at radius 2 is 2.47 bits per heavy atom. The maximum Gasteiger partial charge on any atom is 0.141 e. The van der Waals surface area contributed by atoms with Crippen LogP contribution >= 0.6 is 0 Å². The largest absolute Gasteiger partial charge is 0.389 e. The van der Waals surface area contributed by atoms with E-state index in [0.29, 0.717) is 12.2 Å². The highest BCUT2D eigenvalue weighted by atomic mass is 16.3. The summed E-state index contributed by atoms with van der Waals surface area (Å²) in [5.41, 5.74) is 6.41. The van der Waals surface area contributed by atoms with E-state index >= 15 is 0 Å². The number of aliphatic hydroxyl groups is 1. The molecule has 4 N–H and O–H groups in total. The molecule has 1 aromatic rings. The van der Waals surface area contributed by atoms with Crippen molar-refractivity contribution in [1.82, 2.24) is 9.88 Å². The number of nitrogen functional groups attached to an aromatic ring is 1. The molecule has 0 aliphatic carbocycles. The van der Waals surface area contributed by atoms with Crippen molar-refractivity contribution in [3.8, 4) is 0 Å². The zero-order valence-electron chi connectivity index (χ0n) is 9.98. The van der Waals surface area contributed by atoms with Crippen molar-refractivity contribution in [3.05, 3.63) is 29.6 Å². The average Bonchev–Trinajstić information content (AvgIpc) is 2.58. The summed E-state index contributed by atoms with van der Waals surface area (Å²) in [6, 6.07) is 3.74. The van der Waals surface area contributed by atoms with Crippen molar-refractivity contribution in [2.24, 2.45) is 5.73 Å². The lowest BCUT2D eigenvalue weighted by Crippen LogP contribution is -2.29. The molecule has 1 atom stereocenters. The first-order chi connectivity index (χ1) is 7.96. The summed E-state index contributed by atoms with van der Waals surface area (Å²) in [6.07, 6.45) is 2.47. The Morgan fingerprint density at radius 3 is 3.06 bits per heavy atom. The van der Waals surface area contributed by atoms with Gasteiger partial charge in [0.1, 0.15) is 11.5 Å². The first-order valence-electron chi connectivity index (χ1n) is 5.70. The molecule has 0 amide bonds. The first-order valence-corrected chi connectivity index (χ1v) is 5.70. The number of hydrogen-bond donors (Lipinski definition) is 3. The number of nitrogens with two attached hydrogens (primary N) is 1. The lowest BCUT2D eigenvalue weighted by atomic mass is 10.1. The molecule has 0 bridgehead atoms. The van der Waals surface area contributed by atoms with Crippen LogP contribution in [0.2, 0.25) is 0 Å². The molecular formula is C12H18N4O. The van der Waals surface area contributed by atoms with Crippen LogP contribution in [0.4, 0.5) is 0 Å². The molecular weight excluding hydrogens is 216 g/mol. The maximum absolute atomic E-state index is 9.88. The Hall–Kier alpha value is -1.46. The number of amidine groups is 1. The quantitative estimate of drug-likeness (QED) is 0.519. The first kappa shape index (κ1) is 12.0. The fourth-order valence-corrected chi connectivity index (χ4v) is 2.15. The molecule has 5 nitrogen and oxygen atoms in total. The predicted molar refractivity (Wildman–Crippen MR) is 65.8 cm³/mol. The Kier molecular flexibility index (Phi) is 3.13. The van der Waals surface area contributed by atoms with E-state index in [1.54, 1.807) is 6.20 Å². The third-order valence-electron chi connectivity index (χ3n) is 3.04. The van der Waals surface area contributed by atoms with Crippen molar-refractivity contribution < 1.29 is 5.11 Å².